The summed E-state index contributed by atoms with van der Waals surface area (Å²) in [4.78, 5) is 19.2. The predicted molar refractivity (Wildman–Crippen MR) is 112 cm³/mol. The highest BCUT2D eigenvalue weighted by molar-refractivity contribution is 6.01. The van der Waals surface area contributed by atoms with E-state index in [0.29, 0.717) is 11.4 Å². The van der Waals surface area contributed by atoms with Gasteiger partial charge in [-0.2, -0.15) is 13.2 Å². The van der Waals surface area contributed by atoms with Crippen LogP contribution in [0.25, 0.3) is 0 Å². The van der Waals surface area contributed by atoms with E-state index in [1.54, 1.807) is 6.20 Å². The number of rotatable bonds is 5. The fourth-order valence-corrected chi connectivity index (χ4v) is 3.49. The fraction of sp³-hybridized carbons (Fsp3) is 0.333. The number of hydrogen-bond acceptors (Lipinski definition) is 7. The van der Waals surface area contributed by atoms with E-state index in [1.165, 1.54) is 18.6 Å². The first-order valence-electron chi connectivity index (χ1n) is 10.1. The van der Waals surface area contributed by atoms with Gasteiger partial charge in [0.1, 0.15) is 5.82 Å². The summed E-state index contributed by atoms with van der Waals surface area (Å²) in [5, 5.41) is 12.7. The molecule has 0 bridgehead atoms. The predicted octanol–water partition coefficient (Wildman–Crippen LogP) is 4.78. The third-order valence-electron chi connectivity index (χ3n) is 5.05. The molecule has 3 aromatic rings. The van der Waals surface area contributed by atoms with E-state index in [-0.39, 0.29) is 11.9 Å². The van der Waals surface area contributed by atoms with Crippen LogP contribution in [0.15, 0.2) is 40.9 Å². The van der Waals surface area contributed by atoms with Crippen molar-refractivity contribution >= 4 is 29.1 Å². The van der Waals surface area contributed by atoms with Crippen LogP contribution in [0.3, 0.4) is 0 Å². The van der Waals surface area contributed by atoms with Crippen LogP contribution in [-0.4, -0.2) is 34.2 Å². The summed E-state index contributed by atoms with van der Waals surface area (Å²) in [5.74, 6) is -0.00872. The number of anilines is 4. The minimum atomic E-state index is -4.42. The number of benzene rings is 1. The highest BCUT2D eigenvalue weighted by atomic mass is 19.4. The molecule has 1 aliphatic rings. The number of halogens is 3. The Hall–Kier alpha value is -3.63. The maximum absolute atomic E-state index is 12.6. The number of aryl methyl sites for hydroxylation is 1. The maximum Gasteiger partial charge on any atom is 0.416 e. The quantitative estimate of drug-likeness (QED) is 0.582. The number of carbonyl (C=O) groups is 1. The first-order chi connectivity index (χ1) is 15.3. The van der Waals surface area contributed by atoms with Crippen LogP contribution >= 0.6 is 0 Å². The Morgan fingerprint density at radius 1 is 1.06 bits per heavy atom. The molecular weight excluding hydrogens is 425 g/mol. The van der Waals surface area contributed by atoms with E-state index in [0.717, 1.165) is 49.4 Å². The van der Waals surface area contributed by atoms with Crippen LogP contribution in [0, 0.1) is 6.92 Å². The SMILES string of the molecule is Cc1cc(NC(=O)c2nnc(Nc3ccc(C(F)(F)F)cc3)o2)cnc1N1CCCCC1. The smallest absolute Gasteiger partial charge is 0.399 e. The number of nitrogens with zero attached hydrogens (tertiary/aromatic N) is 4. The van der Waals surface area contributed by atoms with Gasteiger partial charge in [0, 0.05) is 18.8 Å². The zero-order valence-corrected chi connectivity index (χ0v) is 17.2. The number of amides is 1. The average molecular weight is 446 g/mol. The van der Waals surface area contributed by atoms with Gasteiger partial charge >= 0.3 is 24.0 Å². The monoisotopic (exact) mass is 446 g/mol. The molecule has 0 unspecified atom stereocenters. The topological polar surface area (TPSA) is 96.2 Å². The number of alkyl halides is 3. The van der Waals surface area contributed by atoms with Gasteiger partial charge in [0.25, 0.3) is 0 Å². The summed E-state index contributed by atoms with van der Waals surface area (Å²) in [7, 11) is 0. The molecule has 168 valence electrons. The van der Waals surface area contributed by atoms with Crippen molar-refractivity contribution in [2.75, 3.05) is 28.6 Å². The molecule has 1 aliphatic heterocycles. The van der Waals surface area contributed by atoms with Crippen molar-refractivity contribution in [1.29, 1.82) is 0 Å². The lowest BCUT2D eigenvalue weighted by Gasteiger charge is -2.29. The van der Waals surface area contributed by atoms with Crippen LogP contribution in [0.1, 0.15) is 41.1 Å². The minimum Gasteiger partial charge on any atom is -0.399 e. The molecule has 0 radical (unpaired) electrons. The number of hydrogen-bond donors (Lipinski definition) is 2. The van der Waals surface area contributed by atoms with Crippen molar-refractivity contribution in [3.05, 3.63) is 53.5 Å². The van der Waals surface area contributed by atoms with Gasteiger partial charge in [-0.15, -0.1) is 5.10 Å². The Morgan fingerprint density at radius 2 is 1.78 bits per heavy atom. The molecule has 0 spiro atoms. The maximum atomic E-state index is 12.6. The molecule has 1 fully saturated rings. The van der Waals surface area contributed by atoms with E-state index in [4.69, 9.17) is 4.42 Å². The fourth-order valence-electron chi connectivity index (χ4n) is 3.49. The normalized spacial score (nSPS) is 14.3. The number of pyridine rings is 1. The van der Waals surface area contributed by atoms with E-state index >= 15 is 0 Å². The Kier molecular flexibility index (Phi) is 5.97. The molecular formula is C21H21F3N6O2. The molecule has 8 nitrogen and oxygen atoms in total. The summed E-state index contributed by atoms with van der Waals surface area (Å²) >= 11 is 0. The van der Waals surface area contributed by atoms with Crippen molar-refractivity contribution in [3.8, 4) is 0 Å². The van der Waals surface area contributed by atoms with Crippen molar-refractivity contribution < 1.29 is 22.4 Å². The molecule has 1 amide bonds. The molecule has 4 rings (SSSR count). The van der Waals surface area contributed by atoms with Crippen LogP contribution in [0.4, 0.5) is 36.4 Å². The highest BCUT2D eigenvalue weighted by Gasteiger charge is 2.30. The molecule has 0 saturated carbocycles. The molecule has 11 heteroatoms. The van der Waals surface area contributed by atoms with Gasteiger partial charge in [0.2, 0.25) is 0 Å². The second kappa shape index (κ2) is 8.85. The molecule has 1 saturated heterocycles. The van der Waals surface area contributed by atoms with Gasteiger partial charge in [-0.05, 0) is 62.1 Å². The third kappa shape index (κ3) is 4.98. The Labute approximate surface area is 181 Å². The average Bonchev–Trinajstić information content (AvgIpc) is 3.23. The number of nitrogens with one attached hydrogen (secondary N) is 2. The molecule has 3 heterocycles. The molecule has 1 aromatic carbocycles. The van der Waals surface area contributed by atoms with Gasteiger partial charge in [0.15, 0.2) is 0 Å². The van der Waals surface area contributed by atoms with Gasteiger partial charge in [-0.3, -0.25) is 4.79 Å². The standard InChI is InChI=1S/C21H21F3N6O2/c1-13-11-16(12-25-17(13)30-9-3-2-4-10-30)26-18(31)19-28-29-20(32-19)27-15-7-5-14(6-8-15)21(22,23)24/h5-8,11-12H,2-4,9-10H2,1H3,(H,26,31)(H,27,29). The third-order valence-corrected chi connectivity index (χ3v) is 5.05. The van der Waals surface area contributed by atoms with Gasteiger partial charge < -0.3 is 20.0 Å². The van der Waals surface area contributed by atoms with Crippen LogP contribution in [-0.2, 0) is 6.18 Å². The van der Waals surface area contributed by atoms with Crippen molar-refractivity contribution in [2.24, 2.45) is 0 Å². The highest BCUT2D eigenvalue weighted by Crippen LogP contribution is 2.30. The lowest BCUT2D eigenvalue weighted by Crippen LogP contribution is -2.30. The summed E-state index contributed by atoms with van der Waals surface area (Å²) in [6.07, 6.45) is 0.656. The van der Waals surface area contributed by atoms with E-state index in [9.17, 15) is 18.0 Å². The van der Waals surface area contributed by atoms with Crippen molar-refractivity contribution in [1.82, 2.24) is 15.2 Å². The summed E-state index contributed by atoms with van der Waals surface area (Å²) in [6.45, 7) is 3.87. The largest absolute Gasteiger partial charge is 0.416 e. The zero-order valence-electron chi connectivity index (χ0n) is 17.2. The lowest BCUT2D eigenvalue weighted by molar-refractivity contribution is -0.137. The van der Waals surface area contributed by atoms with E-state index in [1.807, 2.05) is 13.0 Å². The first-order valence-corrected chi connectivity index (χ1v) is 10.1. The Bertz CT molecular complexity index is 1090. The van der Waals surface area contributed by atoms with Crippen LogP contribution in [0.5, 0.6) is 0 Å². The molecule has 2 N–H and O–H groups in total. The second-order valence-corrected chi connectivity index (χ2v) is 7.48. The van der Waals surface area contributed by atoms with Gasteiger partial charge in [0.05, 0.1) is 17.4 Å². The van der Waals surface area contributed by atoms with Gasteiger partial charge in [-0.1, -0.05) is 5.10 Å². The Balaban J connectivity index is 1.39. The minimum absolute atomic E-state index is 0.121. The van der Waals surface area contributed by atoms with Crippen molar-refractivity contribution in [3.63, 3.8) is 0 Å². The van der Waals surface area contributed by atoms with Gasteiger partial charge in [-0.25, -0.2) is 4.98 Å². The summed E-state index contributed by atoms with van der Waals surface area (Å²) in [6, 6.07) is 6.01. The Morgan fingerprint density at radius 3 is 2.44 bits per heavy atom. The number of aromatic nitrogens is 3. The van der Waals surface area contributed by atoms with Crippen LogP contribution in [0.2, 0.25) is 0 Å². The lowest BCUT2D eigenvalue weighted by atomic mass is 10.1. The van der Waals surface area contributed by atoms with Crippen LogP contribution < -0.4 is 15.5 Å². The van der Waals surface area contributed by atoms with E-state index in [2.05, 4.69) is 30.7 Å². The molecule has 0 aliphatic carbocycles. The second-order valence-electron chi connectivity index (χ2n) is 7.48. The summed E-state index contributed by atoms with van der Waals surface area (Å²) in [5.41, 5.74) is 0.967. The molecule has 2 aromatic heterocycles. The first kappa shape index (κ1) is 21.6. The number of carbonyl (C=O) groups excluding carboxylic acids is 1. The molecule has 32 heavy (non-hydrogen) atoms. The summed E-state index contributed by atoms with van der Waals surface area (Å²) < 4.78 is 43.2. The van der Waals surface area contributed by atoms with E-state index < -0.39 is 17.6 Å². The molecule has 0 atom stereocenters. The number of piperidine rings is 1. The zero-order chi connectivity index (χ0) is 22.7. The van der Waals surface area contributed by atoms with Crippen molar-refractivity contribution in [2.45, 2.75) is 32.4 Å².